The maximum atomic E-state index is 13.1. The Morgan fingerprint density at radius 3 is 2.60 bits per heavy atom. The van der Waals surface area contributed by atoms with Gasteiger partial charge < -0.3 is 10.1 Å². The summed E-state index contributed by atoms with van der Waals surface area (Å²) in [5.74, 6) is -0.329. The lowest BCUT2D eigenvalue weighted by atomic mass is 10.0. The van der Waals surface area contributed by atoms with E-state index in [0.29, 0.717) is 18.2 Å². The minimum atomic E-state index is -0.329. The van der Waals surface area contributed by atoms with Crippen molar-refractivity contribution in [2.45, 2.75) is 12.1 Å². The first-order chi connectivity index (χ1) is 9.74. The molecule has 104 valence electrons. The van der Waals surface area contributed by atoms with Gasteiger partial charge >= 0.3 is 0 Å². The Kier molecular flexibility index (Phi) is 4.01. The summed E-state index contributed by atoms with van der Waals surface area (Å²) in [7, 11) is 0. The Morgan fingerprint density at radius 1 is 1.15 bits per heavy atom. The zero-order valence-corrected chi connectivity index (χ0v) is 11.6. The van der Waals surface area contributed by atoms with Crippen molar-refractivity contribution in [1.29, 1.82) is 0 Å². The van der Waals surface area contributed by atoms with Crippen LogP contribution in [0.25, 0.3) is 0 Å². The molecule has 1 fully saturated rings. The molecule has 1 N–H and O–H groups in total. The van der Waals surface area contributed by atoms with Gasteiger partial charge in [-0.2, -0.15) is 0 Å². The molecule has 0 bridgehead atoms. The van der Waals surface area contributed by atoms with Crippen molar-refractivity contribution >= 4 is 11.6 Å². The highest BCUT2D eigenvalue weighted by Gasteiger charge is 2.24. The molecule has 1 heterocycles. The second kappa shape index (κ2) is 5.92. The monoisotopic (exact) mass is 291 g/mol. The first-order valence-electron chi connectivity index (χ1n) is 6.59. The maximum Gasteiger partial charge on any atom is 0.124 e. The fourth-order valence-corrected chi connectivity index (χ4v) is 2.73. The Bertz CT molecular complexity index is 582. The zero-order chi connectivity index (χ0) is 13.9. The third-order valence-electron chi connectivity index (χ3n) is 3.53. The summed E-state index contributed by atoms with van der Waals surface area (Å²) >= 11 is 6.07. The summed E-state index contributed by atoms with van der Waals surface area (Å²) in [6.45, 7) is 1.23. The van der Waals surface area contributed by atoms with Gasteiger partial charge in [0.05, 0.1) is 18.8 Å². The molecule has 20 heavy (non-hydrogen) atoms. The Labute approximate surface area is 122 Å². The van der Waals surface area contributed by atoms with Crippen LogP contribution in [0.3, 0.4) is 0 Å². The number of nitrogens with one attached hydrogen (secondary N) is 1. The van der Waals surface area contributed by atoms with E-state index in [4.69, 9.17) is 16.3 Å². The van der Waals surface area contributed by atoms with Crippen molar-refractivity contribution in [2.75, 3.05) is 13.2 Å². The highest BCUT2D eigenvalue weighted by molar-refractivity contribution is 6.31. The van der Waals surface area contributed by atoms with Crippen molar-refractivity contribution in [3.63, 3.8) is 0 Å². The second-order valence-corrected chi connectivity index (χ2v) is 5.27. The lowest BCUT2D eigenvalue weighted by molar-refractivity contribution is 0.00240. The lowest BCUT2D eigenvalue weighted by Gasteiger charge is -2.31. The topological polar surface area (TPSA) is 21.3 Å². The summed E-state index contributed by atoms with van der Waals surface area (Å²) in [6, 6.07) is 14.8. The molecule has 2 nitrogen and oxygen atoms in total. The zero-order valence-electron chi connectivity index (χ0n) is 10.9. The van der Waals surface area contributed by atoms with Gasteiger partial charge in [-0.3, -0.25) is 0 Å². The average molecular weight is 292 g/mol. The molecule has 0 aliphatic carbocycles. The molecule has 0 amide bonds. The smallest absolute Gasteiger partial charge is 0.124 e. The highest BCUT2D eigenvalue weighted by Crippen LogP contribution is 2.30. The quantitative estimate of drug-likeness (QED) is 0.906. The van der Waals surface area contributed by atoms with Crippen molar-refractivity contribution < 1.29 is 9.13 Å². The van der Waals surface area contributed by atoms with Gasteiger partial charge in [-0.05, 0) is 17.7 Å². The number of halogens is 2. The Hall–Kier alpha value is -1.42. The van der Waals surface area contributed by atoms with Gasteiger partial charge in [0.15, 0.2) is 0 Å². The molecular weight excluding hydrogens is 277 g/mol. The molecule has 2 aromatic rings. The van der Waals surface area contributed by atoms with Crippen LogP contribution in [0.15, 0.2) is 48.5 Å². The predicted octanol–water partition coefficient (Wildman–Crippen LogP) is 3.88. The third kappa shape index (κ3) is 2.85. The van der Waals surface area contributed by atoms with Crippen LogP contribution in [0.4, 0.5) is 4.39 Å². The van der Waals surface area contributed by atoms with Gasteiger partial charge in [0.2, 0.25) is 0 Å². The van der Waals surface area contributed by atoms with Crippen molar-refractivity contribution in [1.82, 2.24) is 5.32 Å². The van der Waals surface area contributed by atoms with Crippen LogP contribution in [0.1, 0.15) is 23.3 Å². The van der Waals surface area contributed by atoms with Crippen molar-refractivity contribution in [2.24, 2.45) is 0 Å². The van der Waals surface area contributed by atoms with Crippen LogP contribution in [0.5, 0.6) is 0 Å². The van der Waals surface area contributed by atoms with Gasteiger partial charge in [0, 0.05) is 17.1 Å². The van der Waals surface area contributed by atoms with E-state index in [2.05, 4.69) is 17.4 Å². The number of benzene rings is 2. The van der Waals surface area contributed by atoms with Crippen LogP contribution in [-0.4, -0.2) is 13.2 Å². The predicted molar refractivity (Wildman–Crippen MR) is 77.3 cm³/mol. The molecule has 0 radical (unpaired) electrons. The number of rotatable bonds is 2. The maximum absolute atomic E-state index is 13.1. The van der Waals surface area contributed by atoms with Crippen LogP contribution in [0, 0.1) is 5.82 Å². The molecule has 2 unspecified atom stereocenters. The lowest BCUT2D eigenvalue weighted by Crippen LogP contribution is -2.36. The highest BCUT2D eigenvalue weighted by atomic mass is 35.5. The standard InChI is InChI=1S/C16H15ClFNO/c17-14-8-12(18)6-7-13(14)16-9-19-15(10-20-16)11-4-2-1-3-5-11/h1-8,15-16,19H,9-10H2. The molecule has 0 saturated carbocycles. The SMILES string of the molecule is Fc1ccc(C2CNC(c3ccccc3)CO2)c(Cl)c1. The normalized spacial score (nSPS) is 22.7. The van der Waals surface area contributed by atoms with Crippen LogP contribution >= 0.6 is 11.6 Å². The molecule has 1 aliphatic heterocycles. The van der Waals surface area contributed by atoms with E-state index in [1.165, 1.54) is 17.7 Å². The van der Waals surface area contributed by atoms with Gasteiger partial charge in [-0.15, -0.1) is 0 Å². The first kappa shape index (κ1) is 13.6. The molecule has 0 aromatic heterocycles. The van der Waals surface area contributed by atoms with E-state index >= 15 is 0 Å². The fraction of sp³-hybridized carbons (Fsp3) is 0.250. The average Bonchev–Trinajstić information content (AvgIpc) is 2.48. The summed E-state index contributed by atoms with van der Waals surface area (Å²) in [5, 5.41) is 3.86. The van der Waals surface area contributed by atoms with Crippen molar-refractivity contribution in [3.8, 4) is 0 Å². The molecule has 2 atom stereocenters. The summed E-state index contributed by atoms with van der Waals surface area (Å²) in [6.07, 6.45) is -0.136. The van der Waals surface area contributed by atoms with Gasteiger partial charge in [-0.1, -0.05) is 48.0 Å². The number of hydrogen-bond donors (Lipinski definition) is 1. The van der Waals surface area contributed by atoms with Gasteiger partial charge in [0.25, 0.3) is 0 Å². The minimum Gasteiger partial charge on any atom is -0.370 e. The fourth-order valence-electron chi connectivity index (χ4n) is 2.44. The largest absolute Gasteiger partial charge is 0.370 e. The molecule has 1 aliphatic rings. The molecule has 3 rings (SSSR count). The molecular formula is C16H15ClFNO. The molecule has 2 aromatic carbocycles. The van der Waals surface area contributed by atoms with E-state index in [1.54, 1.807) is 6.07 Å². The molecule has 0 spiro atoms. The van der Waals surface area contributed by atoms with E-state index in [-0.39, 0.29) is 18.0 Å². The van der Waals surface area contributed by atoms with E-state index < -0.39 is 0 Å². The van der Waals surface area contributed by atoms with Crippen molar-refractivity contribution in [3.05, 3.63) is 70.5 Å². The number of ether oxygens (including phenoxy) is 1. The Balaban J connectivity index is 1.69. The first-order valence-corrected chi connectivity index (χ1v) is 6.97. The second-order valence-electron chi connectivity index (χ2n) is 4.86. The van der Waals surface area contributed by atoms with Crippen LogP contribution < -0.4 is 5.32 Å². The van der Waals surface area contributed by atoms with E-state index in [1.807, 2.05) is 18.2 Å². The number of morpholine rings is 1. The molecule has 4 heteroatoms. The Morgan fingerprint density at radius 2 is 1.95 bits per heavy atom. The minimum absolute atomic E-state index is 0.136. The van der Waals surface area contributed by atoms with E-state index in [0.717, 1.165) is 5.56 Å². The summed E-state index contributed by atoms with van der Waals surface area (Å²) in [4.78, 5) is 0. The van der Waals surface area contributed by atoms with Gasteiger partial charge in [-0.25, -0.2) is 4.39 Å². The summed E-state index contributed by atoms with van der Waals surface area (Å²) in [5.41, 5.74) is 2.03. The van der Waals surface area contributed by atoms with Crippen LogP contribution in [0.2, 0.25) is 5.02 Å². The molecule has 1 saturated heterocycles. The van der Waals surface area contributed by atoms with E-state index in [9.17, 15) is 4.39 Å². The van der Waals surface area contributed by atoms with Crippen LogP contribution in [-0.2, 0) is 4.74 Å². The number of hydrogen-bond acceptors (Lipinski definition) is 2. The summed E-state index contributed by atoms with van der Waals surface area (Å²) < 4.78 is 18.9. The third-order valence-corrected chi connectivity index (χ3v) is 3.85. The van der Waals surface area contributed by atoms with Gasteiger partial charge in [0.1, 0.15) is 5.82 Å².